The minimum Gasteiger partial charge on any atom is -0.337 e. The van der Waals surface area contributed by atoms with E-state index in [1.807, 2.05) is 31.2 Å². The SMILES string of the molecule is Cc1ccc(NC(=O)Cn2cc(C=O)c3cc(Br)ccc32)cc1Cl. The fourth-order valence-corrected chi connectivity index (χ4v) is 3.09. The molecule has 1 N–H and O–H groups in total. The van der Waals surface area contributed by atoms with Gasteiger partial charge in [0.05, 0.1) is 0 Å². The fourth-order valence-electron chi connectivity index (χ4n) is 2.55. The van der Waals surface area contributed by atoms with E-state index in [1.54, 1.807) is 22.9 Å². The van der Waals surface area contributed by atoms with Crippen molar-refractivity contribution in [1.82, 2.24) is 4.57 Å². The molecule has 3 rings (SSSR count). The Morgan fingerprint density at radius 2 is 2.08 bits per heavy atom. The molecule has 1 heterocycles. The van der Waals surface area contributed by atoms with Crippen molar-refractivity contribution in [1.29, 1.82) is 0 Å². The van der Waals surface area contributed by atoms with Crippen LogP contribution in [0.4, 0.5) is 5.69 Å². The molecule has 2 aromatic carbocycles. The summed E-state index contributed by atoms with van der Waals surface area (Å²) in [4.78, 5) is 23.6. The van der Waals surface area contributed by atoms with Gasteiger partial charge < -0.3 is 9.88 Å². The Bertz CT molecular complexity index is 950. The molecule has 1 aromatic heterocycles. The van der Waals surface area contributed by atoms with Gasteiger partial charge in [-0.1, -0.05) is 33.6 Å². The predicted molar refractivity (Wildman–Crippen MR) is 99.8 cm³/mol. The number of amides is 1. The number of aryl methyl sites for hydroxylation is 1. The molecule has 0 aliphatic heterocycles. The first-order chi connectivity index (χ1) is 11.5. The lowest BCUT2D eigenvalue weighted by Gasteiger charge is -2.08. The quantitative estimate of drug-likeness (QED) is 0.633. The minimum atomic E-state index is -0.188. The summed E-state index contributed by atoms with van der Waals surface area (Å²) in [5.74, 6) is -0.188. The molecule has 0 bridgehead atoms. The number of carbonyl (C=O) groups excluding carboxylic acids is 2. The molecule has 0 radical (unpaired) electrons. The molecule has 0 atom stereocenters. The lowest BCUT2D eigenvalue weighted by Crippen LogP contribution is -2.18. The summed E-state index contributed by atoms with van der Waals surface area (Å²) in [7, 11) is 0. The van der Waals surface area contributed by atoms with E-state index in [0.29, 0.717) is 16.3 Å². The highest BCUT2D eigenvalue weighted by Gasteiger charge is 2.12. The van der Waals surface area contributed by atoms with Crippen LogP contribution >= 0.6 is 27.5 Å². The van der Waals surface area contributed by atoms with Crippen LogP contribution < -0.4 is 5.32 Å². The molecule has 0 aliphatic rings. The van der Waals surface area contributed by atoms with Gasteiger partial charge in [0.1, 0.15) is 6.54 Å². The van der Waals surface area contributed by atoms with Gasteiger partial charge in [-0.3, -0.25) is 9.59 Å². The number of carbonyl (C=O) groups is 2. The molecule has 1 amide bonds. The molecule has 0 spiro atoms. The summed E-state index contributed by atoms with van der Waals surface area (Å²) in [6, 6.07) is 11.0. The number of rotatable bonds is 4. The van der Waals surface area contributed by atoms with Crippen molar-refractivity contribution in [2.24, 2.45) is 0 Å². The zero-order chi connectivity index (χ0) is 17.3. The van der Waals surface area contributed by atoms with E-state index in [2.05, 4.69) is 21.2 Å². The molecule has 0 fully saturated rings. The molecule has 4 nitrogen and oxygen atoms in total. The van der Waals surface area contributed by atoms with Gasteiger partial charge in [0.2, 0.25) is 5.91 Å². The zero-order valence-corrected chi connectivity index (χ0v) is 15.2. The van der Waals surface area contributed by atoms with Crippen LogP contribution in [0.3, 0.4) is 0 Å². The van der Waals surface area contributed by atoms with Crippen LogP contribution in [0.5, 0.6) is 0 Å². The number of aldehydes is 1. The molecule has 6 heteroatoms. The molecule has 0 saturated heterocycles. The molecule has 0 unspecified atom stereocenters. The summed E-state index contributed by atoms with van der Waals surface area (Å²) < 4.78 is 2.64. The van der Waals surface area contributed by atoms with Crippen molar-refractivity contribution in [3.05, 3.63) is 63.2 Å². The van der Waals surface area contributed by atoms with E-state index < -0.39 is 0 Å². The van der Waals surface area contributed by atoms with Gasteiger partial charge in [0.25, 0.3) is 0 Å². The molecular formula is C18H14BrClN2O2. The molecule has 3 aromatic rings. The Morgan fingerprint density at radius 1 is 1.29 bits per heavy atom. The van der Waals surface area contributed by atoms with Gasteiger partial charge in [-0.05, 0) is 42.8 Å². The number of anilines is 1. The highest BCUT2D eigenvalue weighted by Crippen LogP contribution is 2.25. The van der Waals surface area contributed by atoms with E-state index in [4.69, 9.17) is 11.6 Å². The lowest BCUT2D eigenvalue weighted by atomic mass is 10.2. The van der Waals surface area contributed by atoms with Crippen molar-refractivity contribution >= 4 is 56.3 Å². The normalized spacial score (nSPS) is 10.8. The Hall–Kier alpha value is -2.11. The predicted octanol–water partition coefficient (Wildman–Crippen LogP) is 4.82. The third-order valence-corrected chi connectivity index (χ3v) is 4.67. The topological polar surface area (TPSA) is 51.1 Å². The van der Waals surface area contributed by atoms with Crippen LogP contribution in [0.25, 0.3) is 10.9 Å². The van der Waals surface area contributed by atoms with Crippen LogP contribution in [0, 0.1) is 6.92 Å². The van der Waals surface area contributed by atoms with Crippen molar-refractivity contribution in [2.45, 2.75) is 13.5 Å². The summed E-state index contributed by atoms with van der Waals surface area (Å²) in [5.41, 5.74) is 2.98. The number of hydrogen-bond donors (Lipinski definition) is 1. The highest BCUT2D eigenvalue weighted by atomic mass is 79.9. The third kappa shape index (κ3) is 3.37. The van der Waals surface area contributed by atoms with Crippen LogP contribution in [0.15, 0.2) is 47.1 Å². The van der Waals surface area contributed by atoms with Gasteiger partial charge in [0.15, 0.2) is 6.29 Å². The largest absolute Gasteiger partial charge is 0.337 e. The Balaban J connectivity index is 1.85. The first-order valence-corrected chi connectivity index (χ1v) is 8.44. The lowest BCUT2D eigenvalue weighted by molar-refractivity contribution is -0.116. The molecule has 24 heavy (non-hydrogen) atoms. The number of aromatic nitrogens is 1. The molecule has 0 aliphatic carbocycles. The average Bonchev–Trinajstić information content (AvgIpc) is 2.87. The Labute approximate surface area is 152 Å². The standard InChI is InChI=1S/C18H14BrClN2O2/c1-11-2-4-14(7-16(11)20)21-18(24)9-22-8-12(10-23)15-6-13(19)3-5-17(15)22/h2-8,10H,9H2,1H3,(H,21,24). The van der Waals surface area contributed by atoms with Gasteiger partial charge in [-0.25, -0.2) is 0 Å². The number of halogens is 2. The number of benzene rings is 2. The molecule has 122 valence electrons. The number of fused-ring (bicyclic) bond motifs is 1. The first-order valence-electron chi connectivity index (χ1n) is 7.27. The second kappa shape index (κ2) is 6.79. The zero-order valence-electron chi connectivity index (χ0n) is 12.8. The van der Waals surface area contributed by atoms with E-state index in [1.165, 1.54) is 0 Å². The van der Waals surface area contributed by atoms with Crippen molar-refractivity contribution in [3.8, 4) is 0 Å². The second-order valence-corrected chi connectivity index (χ2v) is 6.83. The third-order valence-electron chi connectivity index (χ3n) is 3.77. The van der Waals surface area contributed by atoms with Gasteiger partial charge in [-0.2, -0.15) is 0 Å². The van der Waals surface area contributed by atoms with Gasteiger partial charge in [0, 0.05) is 37.8 Å². The number of nitrogens with zero attached hydrogens (tertiary/aromatic N) is 1. The monoisotopic (exact) mass is 404 g/mol. The van der Waals surface area contributed by atoms with Gasteiger partial charge in [-0.15, -0.1) is 0 Å². The Morgan fingerprint density at radius 3 is 2.79 bits per heavy atom. The van der Waals surface area contributed by atoms with E-state index in [0.717, 1.165) is 27.2 Å². The van der Waals surface area contributed by atoms with Gasteiger partial charge >= 0.3 is 0 Å². The van der Waals surface area contributed by atoms with E-state index in [-0.39, 0.29) is 12.5 Å². The minimum absolute atomic E-state index is 0.109. The van der Waals surface area contributed by atoms with Crippen LogP contribution in [-0.4, -0.2) is 16.8 Å². The maximum absolute atomic E-state index is 12.3. The Kier molecular flexibility index (Phi) is 4.73. The van der Waals surface area contributed by atoms with E-state index >= 15 is 0 Å². The summed E-state index contributed by atoms with van der Waals surface area (Å²) >= 11 is 9.47. The second-order valence-electron chi connectivity index (χ2n) is 5.50. The highest BCUT2D eigenvalue weighted by molar-refractivity contribution is 9.10. The first kappa shape index (κ1) is 16.7. The van der Waals surface area contributed by atoms with Crippen LogP contribution in [-0.2, 0) is 11.3 Å². The number of hydrogen-bond acceptors (Lipinski definition) is 2. The molecular weight excluding hydrogens is 392 g/mol. The van der Waals surface area contributed by atoms with E-state index in [9.17, 15) is 9.59 Å². The van der Waals surface area contributed by atoms with Crippen molar-refractivity contribution < 1.29 is 9.59 Å². The smallest absolute Gasteiger partial charge is 0.244 e. The average molecular weight is 406 g/mol. The molecule has 0 saturated carbocycles. The van der Waals surface area contributed by atoms with Crippen molar-refractivity contribution in [2.75, 3.05) is 5.32 Å². The number of nitrogens with one attached hydrogen (secondary N) is 1. The summed E-state index contributed by atoms with van der Waals surface area (Å²) in [6.07, 6.45) is 2.48. The maximum Gasteiger partial charge on any atom is 0.244 e. The van der Waals surface area contributed by atoms with Crippen molar-refractivity contribution in [3.63, 3.8) is 0 Å². The summed E-state index contributed by atoms with van der Waals surface area (Å²) in [6.45, 7) is 2.01. The fraction of sp³-hybridized carbons (Fsp3) is 0.111. The summed E-state index contributed by atoms with van der Waals surface area (Å²) in [5, 5.41) is 4.23. The van der Waals surface area contributed by atoms with Crippen LogP contribution in [0.1, 0.15) is 15.9 Å². The van der Waals surface area contributed by atoms with Crippen LogP contribution in [0.2, 0.25) is 5.02 Å². The maximum atomic E-state index is 12.3.